The number of aromatic hydroxyl groups is 4. The van der Waals surface area contributed by atoms with Gasteiger partial charge in [0.15, 0.2) is 36.6 Å². The van der Waals surface area contributed by atoms with E-state index in [-0.39, 0.29) is 132 Å². The molecular weight excluding hydrogens is 927 g/mol. The predicted octanol–water partition coefficient (Wildman–Crippen LogP) is 5.72. The molecule has 2 heterocycles. The van der Waals surface area contributed by atoms with Crippen LogP contribution in [-0.4, -0.2) is 110 Å². The van der Waals surface area contributed by atoms with Gasteiger partial charge in [-0.15, -0.1) is 0 Å². The number of anilines is 1. The van der Waals surface area contributed by atoms with Crippen molar-refractivity contribution >= 4 is 64.2 Å². The number of rotatable bonds is 8. The number of phenolic OH excluding ortho intramolecular Hbond substituents is 4. The Hall–Kier alpha value is -6.74. The van der Waals surface area contributed by atoms with E-state index >= 15 is 0 Å². The summed E-state index contributed by atoms with van der Waals surface area (Å²) in [7, 11) is 5.57. The summed E-state index contributed by atoms with van der Waals surface area (Å²) in [4.78, 5) is 76.2. The average molecular weight is 978 g/mol. The molecule has 2 unspecified atom stereocenters. The Morgan fingerprint density at radius 3 is 1.66 bits per heavy atom. The molecule has 20 nitrogen and oxygen atoms in total. The van der Waals surface area contributed by atoms with E-state index in [1.165, 1.54) is 41.4 Å². The van der Waals surface area contributed by atoms with E-state index in [9.17, 15) is 49.2 Å². The molecule has 3 aromatic carbocycles. The number of halogens is 2. The van der Waals surface area contributed by atoms with Crippen molar-refractivity contribution in [1.82, 2.24) is 5.32 Å². The quantitative estimate of drug-likeness (QED) is 0.0894. The van der Waals surface area contributed by atoms with E-state index in [4.69, 9.17) is 61.1 Å². The molecule has 0 saturated heterocycles. The van der Waals surface area contributed by atoms with Crippen LogP contribution >= 0.6 is 23.2 Å². The smallest absolute Gasteiger partial charge is 0.342 e. The van der Waals surface area contributed by atoms with Gasteiger partial charge in [-0.1, -0.05) is 30.6 Å². The molecule has 3 aromatic rings. The Kier molecular flexibility index (Phi) is 18.3. The molecule has 0 fully saturated rings. The first kappa shape index (κ1) is 52.9. The number of benzene rings is 3. The highest BCUT2D eigenvalue weighted by Gasteiger charge is 2.34. The number of phenols is 4. The van der Waals surface area contributed by atoms with Crippen LogP contribution in [0.15, 0.2) is 41.3 Å². The van der Waals surface area contributed by atoms with Crippen molar-refractivity contribution in [2.45, 2.75) is 72.0 Å². The number of fused-ring (bicyclic) bond motifs is 6. The van der Waals surface area contributed by atoms with Crippen molar-refractivity contribution in [2.75, 3.05) is 47.3 Å². The number of hydrogen-bond acceptors (Lipinski definition) is 18. The third-order valence-corrected chi connectivity index (χ3v) is 10.9. The summed E-state index contributed by atoms with van der Waals surface area (Å²) in [6, 6.07) is 3.38. The van der Waals surface area contributed by atoms with Crippen LogP contribution in [-0.2, 0) is 62.1 Å². The molecule has 3 aliphatic rings. The Balaban J connectivity index is 0.000000293. The highest BCUT2D eigenvalue weighted by atomic mass is 35.5. The predicted molar refractivity (Wildman–Crippen MR) is 238 cm³/mol. The summed E-state index contributed by atoms with van der Waals surface area (Å²) in [5.41, 5.74) is 0.0317. The largest absolute Gasteiger partial charge is 0.507 e. The maximum absolute atomic E-state index is 13.1. The molecule has 0 radical (unpaired) electrons. The third kappa shape index (κ3) is 12.0. The summed E-state index contributed by atoms with van der Waals surface area (Å²) >= 11 is 12.3. The van der Waals surface area contributed by atoms with Crippen LogP contribution in [0.5, 0.6) is 40.2 Å². The Labute approximate surface area is 394 Å². The second-order valence-electron chi connectivity index (χ2n) is 14.7. The van der Waals surface area contributed by atoms with Gasteiger partial charge in [-0.2, -0.15) is 0 Å². The van der Waals surface area contributed by atoms with Crippen LogP contribution in [0, 0.1) is 0 Å². The number of ether oxygens (including phenoxy) is 8. The van der Waals surface area contributed by atoms with Gasteiger partial charge in [-0.25, -0.2) is 9.59 Å². The van der Waals surface area contributed by atoms with Gasteiger partial charge >= 0.3 is 11.9 Å². The number of allylic oxidation sites excluding steroid dienone is 2. The van der Waals surface area contributed by atoms with Gasteiger partial charge in [0.1, 0.15) is 46.3 Å². The molecule has 67 heavy (non-hydrogen) atoms. The van der Waals surface area contributed by atoms with Crippen molar-refractivity contribution in [3.05, 3.63) is 79.2 Å². The summed E-state index contributed by atoms with van der Waals surface area (Å²) in [5.74, 6) is -5.55. The molecule has 4 bridgehead atoms. The summed E-state index contributed by atoms with van der Waals surface area (Å²) in [6.07, 6.45) is -1.42. The van der Waals surface area contributed by atoms with Crippen molar-refractivity contribution in [2.24, 2.45) is 0 Å². The van der Waals surface area contributed by atoms with Crippen molar-refractivity contribution in [3.8, 4) is 40.2 Å². The molecule has 2 amide bonds. The fourth-order valence-electron chi connectivity index (χ4n) is 7.21. The molecule has 2 aliphatic heterocycles. The Bertz CT molecular complexity index is 2520. The fourth-order valence-corrected chi connectivity index (χ4v) is 7.69. The Morgan fingerprint density at radius 2 is 1.15 bits per heavy atom. The van der Waals surface area contributed by atoms with E-state index in [1.54, 1.807) is 6.92 Å². The summed E-state index contributed by atoms with van der Waals surface area (Å²) in [6.45, 7) is 2.89. The molecule has 0 aromatic heterocycles. The van der Waals surface area contributed by atoms with Gasteiger partial charge < -0.3 is 69.0 Å². The zero-order valence-electron chi connectivity index (χ0n) is 36.4. The lowest BCUT2D eigenvalue weighted by molar-refractivity contribution is -0.123. The molecule has 6 rings (SSSR count). The zero-order valence-corrected chi connectivity index (χ0v) is 37.9. The number of carbonyl (C=O) groups is 6. The van der Waals surface area contributed by atoms with Gasteiger partial charge in [0.25, 0.3) is 0 Å². The number of hydrogen-bond donors (Lipinski definition) is 6. The van der Waals surface area contributed by atoms with Crippen molar-refractivity contribution in [1.29, 1.82) is 0 Å². The van der Waals surface area contributed by atoms with Crippen molar-refractivity contribution in [3.63, 3.8) is 0 Å². The zero-order chi connectivity index (χ0) is 48.6. The lowest BCUT2D eigenvalue weighted by atomic mass is 9.94. The van der Waals surface area contributed by atoms with Gasteiger partial charge in [-0.05, 0) is 37.8 Å². The van der Waals surface area contributed by atoms with Gasteiger partial charge in [0, 0.05) is 69.7 Å². The second-order valence-corrected chi connectivity index (χ2v) is 15.5. The number of Topliss-reactive ketones (excluding diaryl/α,β-unsaturated/α-hetero) is 1. The van der Waals surface area contributed by atoms with Crippen LogP contribution in [0.4, 0.5) is 5.69 Å². The number of esters is 2. The van der Waals surface area contributed by atoms with E-state index in [0.29, 0.717) is 5.56 Å². The molecular formula is C45H50Cl2N2O18. The molecule has 6 N–H and O–H groups in total. The molecule has 22 heteroatoms. The van der Waals surface area contributed by atoms with Crippen LogP contribution < -0.4 is 24.8 Å². The minimum absolute atomic E-state index is 0. The first-order valence-electron chi connectivity index (χ1n) is 19.9. The van der Waals surface area contributed by atoms with E-state index in [0.717, 1.165) is 18.2 Å². The number of methoxy groups -OCH3 is 4. The highest BCUT2D eigenvalue weighted by Crippen LogP contribution is 2.46. The van der Waals surface area contributed by atoms with E-state index < -0.39 is 70.5 Å². The average Bonchev–Trinajstić information content (AvgIpc) is 3.25. The standard InChI is InChI=1S/C24H28ClNO10.C20H18ClNO8.CH4/c1-12-7-14-22(35-11-32-3)15(8-18(23(14)33-4)34-10-31-2)26-19(29)6-5-13-20(24(30)36-12)16(27)9-17(28)21(13)25;1-8-5-10-18(27)11(6-14(25)19(10)29-2)22-15(26)4-3-9-16(20(28)30-8)12(23)7-13(24)17(9)21;/h8-9,12,27-28H,5-7,10-11H2,1-4H3,(H,26,29);6-8,23-24H,3-5H2,1-2H3,(H,22,26);1H4. The van der Waals surface area contributed by atoms with Gasteiger partial charge in [0.2, 0.25) is 23.4 Å². The Morgan fingerprint density at radius 1 is 0.642 bits per heavy atom. The topological polar surface area (TPSA) is 281 Å². The molecule has 1 aliphatic carbocycles. The molecule has 362 valence electrons. The molecule has 0 saturated carbocycles. The number of ketones is 2. The first-order chi connectivity index (χ1) is 31.3. The number of cyclic esters (lactones) is 2. The molecule has 2 atom stereocenters. The van der Waals surface area contributed by atoms with Crippen LogP contribution in [0.25, 0.3) is 0 Å². The maximum Gasteiger partial charge on any atom is 0.342 e. The fraction of sp³-hybridized carbons (Fsp3) is 0.378. The van der Waals surface area contributed by atoms with E-state index in [1.807, 2.05) is 0 Å². The molecule has 0 spiro atoms. The minimum Gasteiger partial charge on any atom is -0.507 e. The monoisotopic (exact) mass is 976 g/mol. The lowest BCUT2D eigenvalue weighted by Crippen LogP contribution is -2.33. The van der Waals surface area contributed by atoms with Crippen molar-refractivity contribution < 1.29 is 87.1 Å². The first-order valence-corrected chi connectivity index (χ1v) is 20.6. The second kappa shape index (κ2) is 23.1. The SMILES string of the molecule is C.COC1=C2CC(C)OC(=O)c3c(O)cc(O)c(Cl)c3CCC(=O)NC(=CC1=O)C2=O.COCOc1cc2c(OCOC)c(c1OC)CC(C)OC(=O)c1c(O)cc(O)c(Cl)c1CCC(=O)N2. The van der Waals surface area contributed by atoms with Gasteiger partial charge in [0.05, 0.1) is 41.2 Å². The normalized spacial score (nSPS) is 17.6. The number of nitrogens with one attached hydrogen (secondary N) is 2. The van der Waals surface area contributed by atoms with Crippen LogP contribution in [0.2, 0.25) is 10.0 Å². The van der Waals surface area contributed by atoms with E-state index in [2.05, 4.69) is 10.6 Å². The summed E-state index contributed by atoms with van der Waals surface area (Å²) < 4.78 is 43.1. The van der Waals surface area contributed by atoms with Crippen LogP contribution in [0.1, 0.15) is 77.9 Å². The number of carbonyl (C=O) groups excluding carboxylic acids is 6. The lowest BCUT2D eigenvalue weighted by Gasteiger charge is -2.23. The third-order valence-electron chi connectivity index (χ3n) is 10.0. The maximum atomic E-state index is 13.1. The van der Waals surface area contributed by atoms with Gasteiger partial charge in [-0.3, -0.25) is 19.2 Å². The number of amides is 2. The highest BCUT2D eigenvalue weighted by molar-refractivity contribution is 6.34. The minimum atomic E-state index is -0.957. The van der Waals surface area contributed by atoms with Crippen LogP contribution in [0.3, 0.4) is 0 Å². The summed E-state index contributed by atoms with van der Waals surface area (Å²) in [5, 5.41) is 45.3.